The minimum absolute atomic E-state index is 0.0163. The second-order valence-electron chi connectivity index (χ2n) is 7.82. The van der Waals surface area contributed by atoms with Crippen LogP contribution in [-0.4, -0.2) is 43.6 Å². The van der Waals surface area contributed by atoms with Crippen LogP contribution in [0, 0.1) is 13.8 Å². The minimum Gasteiger partial charge on any atom is -0.339 e. The fraction of sp³-hybridized carbons (Fsp3) is 0.474. The molecule has 0 radical (unpaired) electrons. The molecule has 10 nitrogen and oxygen atoms in total. The van der Waals surface area contributed by atoms with E-state index in [4.69, 9.17) is 0 Å². The molecule has 0 saturated heterocycles. The molecule has 0 aliphatic heterocycles. The molecule has 0 spiro atoms. The smallest absolute Gasteiger partial charge is 0.267 e. The molecule has 4 rings (SSSR count). The number of rotatable bonds is 5. The Morgan fingerprint density at radius 3 is 2.43 bits per heavy atom. The van der Waals surface area contributed by atoms with Crippen molar-refractivity contribution in [3.8, 4) is 5.82 Å². The summed E-state index contributed by atoms with van der Waals surface area (Å²) < 4.78 is 32.5. The van der Waals surface area contributed by atoms with Gasteiger partial charge in [-0.05, 0) is 51.7 Å². The zero-order chi connectivity index (χ0) is 21.5. The first kappa shape index (κ1) is 20.5. The van der Waals surface area contributed by atoms with E-state index in [2.05, 4.69) is 19.9 Å². The molecule has 1 fully saturated rings. The van der Waals surface area contributed by atoms with Gasteiger partial charge in [0.05, 0.1) is 18.1 Å². The first-order valence-electron chi connectivity index (χ1n) is 9.87. The van der Waals surface area contributed by atoms with Gasteiger partial charge < -0.3 is 4.57 Å². The molecular formula is C19H25N7O3S. The Bertz CT molecular complexity index is 1220. The Morgan fingerprint density at radius 1 is 1.10 bits per heavy atom. The summed E-state index contributed by atoms with van der Waals surface area (Å²) in [5.74, 6) is 0.596. The van der Waals surface area contributed by atoms with Crippen molar-refractivity contribution in [1.82, 2.24) is 33.8 Å². The number of nitrogens with one attached hydrogen (secondary N) is 1. The molecule has 1 aliphatic rings. The summed E-state index contributed by atoms with van der Waals surface area (Å²) in [6.07, 6.45) is 5.48. The Morgan fingerprint density at radius 2 is 1.83 bits per heavy atom. The number of hydrogen-bond donors (Lipinski definition) is 1. The van der Waals surface area contributed by atoms with Crippen molar-refractivity contribution < 1.29 is 8.42 Å². The van der Waals surface area contributed by atoms with Crippen LogP contribution in [0.4, 0.5) is 0 Å². The quantitative estimate of drug-likeness (QED) is 0.650. The van der Waals surface area contributed by atoms with Crippen molar-refractivity contribution >= 4 is 10.0 Å². The lowest BCUT2D eigenvalue weighted by molar-refractivity contribution is 0.284. The van der Waals surface area contributed by atoms with E-state index < -0.39 is 10.0 Å². The van der Waals surface area contributed by atoms with Crippen LogP contribution in [0.2, 0.25) is 0 Å². The Balaban J connectivity index is 1.47. The summed E-state index contributed by atoms with van der Waals surface area (Å²) in [7, 11) is -1.93. The molecule has 160 valence electrons. The second-order valence-corrected chi connectivity index (χ2v) is 9.48. The van der Waals surface area contributed by atoms with Crippen LogP contribution >= 0.6 is 0 Å². The first-order chi connectivity index (χ1) is 14.2. The molecule has 0 atom stereocenters. The third kappa shape index (κ3) is 4.08. The third-order valence-corrected chi connectivity index (χ3v) is 6.76. The van der Waals surface area contributed by atoms with E-state index in [-0.39, 0.29) is 22.7 Å². The van der Waals surface area contributed by atoms with Gasteiger partial charge in [-0.15, -0.1) is 5.10 Å². The number of aromatic nitrogens is 6. The van der Waals surface area contributed by atoms with Crippen LogP contribution in [0.25, 0.3) is 5.82 Å². The number of imidazole rings is 1. The van der Waals surface area contributed by atoms with Gasteiger partial charge in [0.25, 0.3) is 15.6 Å². The highest BCUT2D eigenvalue weighted by atomic mass is 32.2. The van der Waals surface area contributed by atoms with Crippen LogP contribution < -0.4 is 10.3 Å². The molecule has 1 N–H and O–H groups in total. The molecule has 3 aromatic heterocycles. The van der Waals surface area contributed by atoms with E-state index in [0.717, 1.165) is 11.4 Å². The van der Waals surface area contributed by atoms with Gasteiger partial charge in [-0.2, -0.15) is 5.10 Å². The molecule has 30 heavy (non-hydrogen) atoms. The predicted octanol–water partition coefficient (Wildman–Crippen LogP) is 1.24. The van der Waals surface area contributed by atoms with E-state index >= 15 is 0 Å². The predicted molar refractivity (Wildman–Crippen MR) is 110 cm³/mol. The Hall–Kier alpha value is -2.79. The van der Waals surface area contributed by atoms with Gasteiger partial charge in [-0.3, -0.25) is 4.79 Å². The molecule has 1 saturated carbocycles. The van der Waals surface area contributed by atoms with Crippen LogP contribution in [-0.2, 0) is 17.1 Å². The normalized spacial score (nSPS) is 19.8. The molecule has 0 amide bonds. The van der Waals surface area contributed by atoms with Crippen LogP contribution in [0.5, 0.6) is 0 Å². The average Bonchev–Trinajstić information content (AvgIpc) is 3.28. The average molecular weight is 432 g/mol. The van der Waals surface area contributed by atoms with Crippen LogP contribution in [0.1, 0.15) is 43.1 Å². The molecule has 0 bridgehead atoms. The van der Waals surface area contributed by atoms with Gasteiger partial charge in [0.15, 0.2) is 10.8 Å². The number of hydrogen-bond acceptors (Lipinski definition) is 6. The van der Waals surface area contributed by atoms with Gasteiger partial charge >= 0.3 is 0 Å². The second kappa shape index (κ2) is 7.80. The topological polar surface area (TPSA) is 117 Å². The maximum Gasteiger partial charge on any atom is 0.267 e. The van der Waals surface area contributed by atoms with Crippen LogP contribution in [0.3, 0.4) is 0 Å². The van der Waals surface area contributed by atoms with E-state index in [1.54, 1.807) is 22.4 Å². The fourth-order valence-electron chi connectivity index (χ4n) is 3.90. The van der Waals surface area contributed by atoms with E-state index in [1.165, 1.54) is 23.3 Å². The molecule has 11 heteroatoms. The van der Waals surface area contributed by atoms with Crippen molar-refractivity contribution in [2.24, 2.45) is 7.05 Å². The summed E-state index contributed by atoms with van der Waals surface area (Å²) in [5, 5.41) is 8.99. The molecular weight excluding hydrogens is 406 g/mol. The highest BCUT2D eigenvalue weighted by molar-refractivity contribution is 7.89. The standard InChI is InChI=1S/C19H25N7O3S/c1-13-10-14(2)25(21-13)17-8-9-19(27)26(22-17)16-6-4-15(5-7-16)23-30(28,29)18-11-24(3)12-20-18/h8-12,15-16,23H,4-7H2,1-3H3. The maximum absolute atomic E-state index is 12.5. The van der Waals surface area contributed by atoms with Crippen molar-refractivity contribution in [3.63, 3.8) is 0 Å². The molecule has 3 aromatic rings. The SMILES string of the molecule is Cc1cc(C)n(-c2ccc(=O)n(C3CCC(NS(=O)(=O)c4cn(C)cn4)CC3)n2)n1. The van der Waals surface area contributed by atoms with Gasteiger partial charge in [-0.25, -0.2) is 27.5 Å². The van der Waals surface area contributed by atoms with Gasteiger partial charge in [-0.1, -0.05) is 0 Å². The van der Waals surface area contributed by atoms with E-state index in [9.17, 15) is 13.2 Å². The lowest BCUT2D eigenvalue weighted by Crippen LogP contribution is -2.39. The molecule has 1 aliphatic carbocycles. The summed E-state index contributed by atoms with van der Waals surface area (Å²) >= 11 is 0. The Kier molecular flexibility index (Phi) is 5.33. The van der Waals surface area contributed by atoms with Crippen molar-refractivity contribution in [2.45, 2.75) is 56.6 Å². The van der Waals surface area contributed by atoms with E-state index in [1.807, 2.05) is 19.9 Å². The third-order valence-electron chi connectivity index (χ3n) is 5.36. The zero-order valence-corrected chi connectivity index (χ0v) is 18.0. The van der Waals surface area contributed by atoms with Crippen molar-refractivity contribution in [2.75, 3.05) is 0 Å². The molecule has 0 aromatic carbocycles. The lowest BCUT2D eigenvalue weighted by Gasteiger charge is -2.29. The maximum atomic E-state index is 12.5. The first-order valence-corrected chi connectivity index (χ1v) is 11.3. The zero-order valence-electron chi connectivity index (χ0n) is 17.2. The summed E-state index contributed by atoms with van der Waals surface area (Å²) in [6, 6.07) is 4.86. The Labute approximate surface area is 174 Å². The van der Waals surface area contributed by atoms with E-state index in [0.29, 0.717) is 31.5 Å². The molecule has 3 heterocycles. The van der Waals surface area contributed by atoms with Crippen molar-refractivity contribution in [3.05, 3.63) is 52.5 Å². The lowest BCUT2D eigenvalue weighted by atomic mass is 9.92. The highest BCUT2D eigenvalue weighted by Crippen LogP contribution is 2.28. The number of aryl methyl sites for hydroxylation is 3. The van der Waals surface area contributed by atoms with Gasteiger partial charge in [0.1, 0.15) is 0 Å². The highest BCUT2D eigenvalue weighted by Gasteiger charge is 2.28. The number of nitrogens with zero attached hydrogens (tertiary/aromatic N) is 6. The monoisotopic (exact) mass is 431 g/mol. The molecule has 0 unspecified atom stereocenters. The van der Waals surface area contributed by atoms with Gasteiger partial charge in [0, 0.05) is 31.0 Å². The van der Waals surface area contributed by atoms with Gasteiger partial charge in [0.2, 0.25) is 0 Å². The summed E-state index contributed by atoms with van der Waals surface area (Å²) in [6.45, 7) is 3.85. The minimum atomic E-state index is -3.65. The largest absolute Gasteiger partial charge is 0.339 e. The number of sulfonamides is 1. The van der Waals surface area contributed by atoms with Crippen LogP contribution in [0.15, 0.2) is 40.5 Å². The summed E-state index contributed by atoms with van der Waals surface area (Å²) in [5.41, 5.74) is 1.66. The summed E-state index contributed by atoms with van der Waals surface area (Å²) in [4.78, 5) is 16.4. The van der Waals surface area contributed by atoms with Crippen molar-refractivity contribution in [1.29, 1.82) is 0 Å². The fourth-order valence-corrected chi connectivity index (χ4v) is 5.18.